The molecule has 1 fully saturated rings. The van der Waals surface area contributed by atoms with Gasteiger partial charge in [0.05, 0.1) is 6.61 Å². The van der Waals surface area contributed by atoms with Crippen molar-refractivity contribution in [2.75, 3.05) is 19.8 Å². The summed E-state index contributed by atoms with van der Waals surface area (Å²) in [6.07, 6.45) is 8.19. The fraction of sp³-hybridized carbons (Fsp3) is 0.700. The van der Waals surface area contributed by atoms with Gasteiger partial charge in [-0.15, -0.1) is 0 Å². The minimum atomic E-state index is -4.47. The summed E-state index contributed by atoms with van der Waals surface area (Å²) in [6.45, 7) is 3.60. The zero-order valence-electron chi connectivity index (χ0n) is 16.3. The molecule has 0 aromatic heterocycles. The van der Waals surface area contributed by atoms with Gasteiger partial charge in [-0.3, -0.25) is 4.52 Å². The van der Waals surface area contributed by atoms with E-state index in [9.17, 15) is 4.57 Å². The van der Waals surface area contributed by atoms with Crippen LogP contribution in [0.25, 0.3) is 0 Å². The zero-order chi connectivity index (χ0) is 19.8. The Kier molecular flexibility index (Phi) is 8.93. The van der Waals surface area contributed by atoms with Crippen LogP contribution in [0.2, 0.25) is 0 Å². The molecular formula is C20H34NO5P. The fourth-order valence-electron chi connectivity index (χ4n) is 3.77. The van der Waals surface area contributed by atoms with Crippen molar-refractivity contribution in [3.63, 3.8) is 0 Å². The number of hydrogen-bond acceptors (Lipinski definition) is 4. The Hall–Kier alpha value is -0.750. The van der Waals surface area contributed by atoms with E-state index in [2.05, 4.69) is 28.8 Å². The van der Waals surface area contributed by atoms with Gasteiger partial charge >= 0.3 is 7.82 Å². The Morgan fingerprint density at radius 2 is 1.89 bits per heavy atom. The summed E-state index contributed by atoms with van der Waals surface area (Å²) in [4.78, 5) is 17.8. The van der Waals surface area contributed by atoms with Crippen LogP contribution in [0, 0.1) is 0 Å². The molecule has 154 valence electrons. The third kappa shape index (κ3) is 8.43. The highest BCUT2D eigenvalue weighted by Gasteiger charge is 2.38. The second-order valence-corrected chi connectivity index (χ2v) is 8.91. The summed E-state index contributed by atoms with van der Waals surface area (Å²) in [5, 5.41) is 0. The zero-order valence-corrected chi connectivity index (χ0v) is 17.2. The third-order valence-corrected chi connectivity index (χ3v) is 5.79. The lowest BCUT2D eigenvalue weighted by molar-refractivity contribution is 0.143. The monoisotopic (exact) mass is 399 g/mol. The highest BCUT2D eigenvalue weighted by molar-refractivity contribution is 7.46. The molecule has 0 amide bonds. The quantitative estimate of drug-likeness (QED) is 0.364. The predicted octanol–water partition coefficient (Wildman–Crippen LogP) is 3.90. The topological polar surface area (TPSA) is 102 Å². The van der Waals surface area contributed by atoms with Gasteiger partial charge in [0, 0.05) is 18.8 Å². The van der Waals surface area contributed by atoms with Crippen LogP contribution in [-0.2, 0) is 20.2 Å². The van der Waals surface area contributed by atoms with E-state index in [0.717, 1.165) is 32.5 Å². The second kappa shape index (κ2) is 10.7. The predicted molar refractivity (Wildman–Crippen MR) is 107 cm³/mol. The van der Waals surface area contributed by atoms with Crippen LogP contribution >= 0.6 is 7.82 Å². The van der Waals surface area contributed by atoms with Gasteiger partial charge in [-0.05, 0) is 62.5 Å². The second-order valence-electron chi connectivity index (χ2n) is 7.67. The van der Waals surface area contributed by atoms with Gasteiger partial charge in [-0.1, -0.05) is 37.1 Å². The van der Waals surface area contributed by atoms with Gasteiger partial charge in [-0.25, -0.2) is 4.57 Å². The van der Waals surface area contributed by atoms with E-state index in [1.807, 2.05) is 6.92 Å². The van der Waals surface area contributed by atoms with Gasteiger partial charge in [0.1, 0.15) is 0 Å². The lowest BCUT2D eigenvalue weighted by Gasteiger charge is -2.24. The van der Waals surface area contributed by atoms with E-state index in [4.69, 9.17) is 20.3 Å². The average Bonchev–Trinajstić information content (AvgIpc) is 3.02. The first-order chi connectivity index (χ1) is 12.8. The Morgan fingerprint density at radius 3 is 2.56 bits per heavy atom. The molecule has 1 aliphatic rings. The smallest absolute Gasteiger partial charge is 0.382 e. The Morgan fingerprint density at radius 1 is 1.19 bits per heavy atom. The van der Waals surface area contributed by atoms with E-state index in [1.165, 1.54) is 30.4 Å². The minimum Gasteiger partial charge on any atom is -0.382 e. The van der Waals surface area contributed by atoms with Crippen molar-refractivity contribution in [3.8, 4) is 0 Å². The molecule has 7 heteroatoms. The maximum absolute atomic E-state index is 10.9. The van der Waals surface area contributed by atoms with Crippen LogP contribution in [0.1, 0.15) is 68.9 Å². The van der Waals surface area contributed by atoms with Crippen molar-refractivity contribution < 1.29 is 23.6 Å². The molecule has 2 rings (SSSR count). The van der Waals surface area contributed by atoms with Gasteiger partial charge in [0.2, 0.25) is 0 Å². The molecule has 0 aliphatic heterocycles. The SMILES string of the molecule is CCOCCCCCCc1ccc([C@H]2CC[C@](N)(COP(=O)(O)O)C2)cc1. The molecule has 0 spiro atoms. The summed E-state index contributed by atoms with van der Waals surface area (Å²) < 4.78 is 20.9. The van der Waals surface area contributed by atoms with Crippen LogP contribution < -0.4 is 5.73 Å². The van der Waals surface area contributed by atoms with Gasteiger partial charge in [-0.2, -0.15) is 0 Å². The van der Waals surface area contributed by atoms with Crippen molar-refractivity contribution in [1.29, 1.82) is 0 Å². The highest BCUT2D eigenvalue weighted by atomic mass is 31.2. The van der Waals surface area contributed by atoms with E-state index < -0.39 is 13.4 Å². The fourth-order valence-corrected chi connectivity index (χ4v) is 4.20. The molecule has 0 radical (unpaired) electrons. The van der Waals surface area contributed by atoms with Crippen LogP contribution in [0.3, 0.4) is 0 Å². The number of ether oxygens (including phenoxy) is 1. The number of aryl methyl sites for hydroxylation is 1. The number of hydrogen-bond donors (Lipinski definition) is 3. The van der Waals surface area contributed by atoms with Gasteiger partial charge in [0.15, 0.2) is 0 Å². The summed E-state index contributed by atoms with van der Waals surface area (Å²) in [7, 11) is -4.47. The molecule has 1 aromatic carbocycles. The van der Waals surface area contributed by atoms with Crippen molar-refractivity contribution >= 4 is 7.82 Å². The highest BCUT2D eigenvalue weighted by Crippen LogP contribution is 2.43. The molecule has 27 heavy (non-hydrogen) atoms. The molecule has 0 unspecified atom stereocenters. The molecule has 6 nitrogen and oxygen atoms in total. The van der Waals surface area contributed by atoms with Crippen LogP contribution in [-0.4, -0.2) is 35.1 Å². The Balaban J connectivity index is 1.73. The van der Waals surface area contributed by atoms with E-state index in [1.54, 1.807) is 0 Å². The van der Waals surface area contributed by atoms with Gasteiger partial charge < -0.3 is 20.3 Å². The number of phosphoric acid groups is 1. The first-order valence-electron chi connectivity index (χ1n) is 9.97. The molecule has 1 aliphatic carbocycles. The van der Waals surface area contributed by atoms with Crippen molar-refractivity contribution in [3.05, 3.63) is 35.4 Å². The first-order valence-corrected chi connectivity index (χ1v) is 11.5. The van der Waals surface area contributed by atoms with Crippen LogP contribution in [0.5, 0.6) is 0 Å². The number of phosphoric ester groups is 1. The lowest BCUT2D eigenvalue weighted by atomic mass is 9.92. The maximum atomic E-state index is 10.9. The average molecular weight is 399 g/mol. The van der Waals surface area contributed by atoms with Crippen LogP contribution in [0.15, 0.2) is 24.3 Å². The summed E-state index contributed by atoms with van der Waals surface area (Å²) in [5.74, 6) is 0.322. The Bertz CT molecular complexity index is 603. The molecule has 2 atom stereocenters. The summed E-state index contributed by atoms with van der Waals surface area (Å²) >= 11 is 0. The largest absolute Gasteiger partial charge is 0.469 e. The molecular weight excluding hydrogens is 365 g/mol. The van der Waals surface area contributed by atoms with Crippen LogP contribution in [0.4, 0.5) is 0 Å². The van der Waals surface area contributed by atoms with Crippen molar-refractivity contribution in [1.82, 2.24) is 0 Å². The maximum Gasteiger partial charge on any atom is 0.469 e. The molecule has 1 aromatic rings. The van der Waals surface area contributed by atoms with E-state index >= 15 is 0 Å². The summed E-state index contributed by atoms with van der Waals surface area (Å²) in [6, 6.07) is 8.73. The normalized spacial score (nSPS) is 23.0. The van der Waals surface area contributed by atoms with E-state index in [0.29, 0.717) is 18.8 Å². The standard InChI is InChI=1S/C20H34NO5P/c1-2-25-14-6-4-3-5-7-17-8-10-18(11-9-17)19-12-13-20(21,15-19)16-26-27(22,23)24/h8-11,19H,2-7,12-16,21H2,1H3,(H2,22,23,24)/t19-,20+/m0/s1. The van der Waals surface area contributed by atoms with E-state index in [-0.39, 0.29) is 6.61 Å². The lowest BCUT2D eigenvalue weighted by Crippen LogP contribution is -2.41. The molecule has 0 heterocycles. The summed E-state index contributed by atoms with van der Waals surface area (Å²) in [5.41, 5.74) is 8.21. The number of unbranched alkanes of at least 4 members (excludes halogenated alkanes) is 3. The molecule has 1 saturated carbocycles. The third-order valence-electron chi connectivity index (χ3n) is 5.32. The Labute approximate surface area is 162 Å². The number of benzene rings is 1. The number of rotatable bonds is 12. The minimum absolute atomic E-state index is 0.102. The molecule has 0 saturated heterocycles. The van der Waals surface area contributed by atoms with Gasteiger partial charge in [0.25, 0.3) is 0 Å². The molecule has 4 N–H and O–H groups in total. The first kappa shape index (κ1) is 22.5. The van der Waals surface area contributed by atoms with Crippen molar-refractivity contribution in [2.24, 2.45) is 5.73 Å². The molecule has 0 bridgehead atoms. The van der Waals surface area contributed by atoms with Crippen molar-refractivity contribution in [2.45, 2.75) is 69.7 Å². The number of nitrogens with two attached hydrogens (primary N) is 1.